The van der Waals surface area contributed by atoms with Gasteiger partial charge in [0.1, 0.15) is 0 Å². The monoisotopic (exact) mass is 787 g/mol. The second kappa shape index (κ2) is 16.7. The van der Waals surface area contributed by atoms with E-state index in [1.807, 2.05) is 71.9 Å². The van der Waals surface area contributed by atoms with Crippen LogP contribution in [0.4, 0.5) is 13.2 Å². The van der Waals surface area contributed by atoms with Crippen LogP contribution < -0.4 is 0 Å². The van der Waals surface area contributed by atoms with E-state index >= 15 is 0 Å². The molecule has 2 aromatic carbocycles. The maximum atomic E-state index is 13.8. The smallest absolute Gasteiger partial charge is 0.394 e. The zero-order valence-corrected chi connectivity index (χ0v) is 29.3. The predicted octanol–water partition coefficient (Wildman–Crippen LogP) is 10.9. The van der Waals surface area contributed by atoms with Crippen molar-refractivity contribution in [2.24, 2.45) is 17.3 Å². The molecule has 0 unspecified atom stereocenters. The number of rotatable bonds is 10. The molecule has 0 saturated heterocycles. The molecule has 1 aliphatic rings. The van der Waals surface area contributed by atoms with E-state index < -0.39 is 11.6 Å². The number of fused-ring (bicyclic) bond motifs is 1. The van der Waals surface area contributed by atoms with Crippen molar-refractivity contribution >= 4 is 16.6 Å². The van der Waals surface area contributed by atoms with Gasteiger partial charge in [0.25, 0.3) is 0 Å². The Hall–Kier alpha value is -2.50. The molecular weight excluding hydrogens is 740 g/mol. The van der Waals surface area contributed by atoms with Crippen LogP contribution in [0, 0.1) is 37.2 Å². The molecule has 1 fully saturated rings. The van der Waals surface area contributed by atoms with Crippen molar-refractivity contribution in [1.82, 2.24) is 4.98 Å². The number of alkyl halides is 3. The van der Waals surface area contributed by atoms with Crippen molar-refractivity contribution in [3.05, 3.63) is 77.2 Å². The van der Waals surface area contributed by atoms with Gasteiger partial charge in [0.05, 0.1) is 11.2 Å². The fraction of sp³-hybridized carbons (Fsp3) is 0.514. The Labute approximate surface area is 275 Å². The number of pyridine rings is 1. The molecule has 1 heterocycles. The first-order valence-electron chi connectivity index (χ1n) is 15.8. The number of aromatic nitrogens is 1. The van der Waals surface area contributed by atoms with Gasteiger partial charge in [-0.2, -0.15) is 13.2 Å². The zero-order chi connectivity index (χ0) is 31.8. The van der Waals surface area contributed by atoms with Crippen LogP contribution in [0.5, 0.6) is 0 Å². The molecule has 0 spiro atoms. The van der Waals surface area contributed by atoms with Crippen LogP contribution in [0.15, 0.2) is 54.4 Å². The Morgan fingerprint density at radius 3 is 2.14 bits per heavy atom. The Kier molecular flexibility index (Phi) is 14.3. The number of benzene rings is 2. The normalized spacial score (nSPS) is 14.8. The standard InChI is InChI=1S/C24H23F3N.C13H24O2.Ir/c1-16-11-17(2)13-20(12-16)22-21-6-5-18(14-19(21)7-10-28-22)15-23(24(25,26)27)8-3-4-9-23;1-5-10(6-2)12(14)9-13(15)11(7-3)8-4;/h5-7,10-12,14H,3-4,8-9,15H2,1-2H3;9-11,14H,5-8H2,1-4H3;/q-1;;/b;12-9-;. The molecule has 44 heavy (non-hydrogen) atoms. The van der Waals surface area contributed by atoms with Gasteiger partial charge in [-0.3, -0.25) is 4.79 Å². The number of nitrogens with zero attached hydrogens (tertiary/aromatic N) is 1. The number of allylic oxidation sites excluding steroid dienone is 2. The molecule has 1 saturated carbocycles. The number of hydrogen-bond donors (Lipinski definition) is 1. The van der Waals surface area contributed by atoms with Gasteiger partial charge in [-0.05, 0) is 73.0 Å². The number of aryl methyl sites for hydroxylation is 2. The molecule has 4 rings (SSSR count). The molecule has 1 aliphatic carbocycles. The summed E-state index contributed by atoms with van der Waals surface area (Å²) in [6.45, 7) is 12.1. The second-order valence-electron chi connectivity index (χ2n) is 12.1. The van der Waals surface area contributed by atoms with E-state index in [2.05, 4.69) is 17.1 Å². The third kappa shape index (κ3) is 9.26. The van der Waals surface area contributed by atoms with Crippen molar-refractivity contribution in [2.75, 3.05) is 0 Å². The van der Waals surface area contributed by atoms with E-state index in [-0.39, 0.29) is 62.7 Å². The molecular formula is C37H47F3IrNO2-. The van der Waals surface area contributed by atoms with E-state index in [4.69, 9.17) is 0 Å². The van der Waals surface area contributed by atoms with Crippen molar-refractivity contribution in [2.45, 2.75) is 106 Å². The van der Waals surface area contributed by atoms with Gasteiger partial charge in [0.15, 0.2) is 5.78 Å². The SMILES string of the molecule is CCC(CC)C(=O)/C=C(\O)C(CC)CC.Cc1[c-]c(-c2nccc3cc(CC4(C(F)(F)F)CCCC4)ccc23)cc(C)c1.[Ir]. The fourth-order valence-electron chi connectivity index (χ4n) is 6.36. The third-order valence-electron chi connectivity index (χ3n) is 9.02. The number of aliphatic hydroxyl groups excluding tert-OH is 1. The Bertz CT molecular complexity index is 1380. The Morgan fingerprint density at radius 1 is 0.977 bits per heavy atom. The van der Waals surface area contributed by atoms with Crippen LogP contribution in [0.25, 0.3) is 22.0 Å². The zero-order valence-electron chi connectivity index (χ0n) is 26.9. The van der Waals surface area contributed by atoms with Gasteiger partial charge >= 0.3 is 6.18 Å². The first-order valence-corrected chi connectivity index (χ1v) is 15.8. The number of aliphatic hydroxyl groups is 1. The summed E-state index contributed by atoms with van der Waals surface area (Å²) in [6.07, 6.45) is 4.30. The summed E-state index contributed by atoms with van der Waals surface area (Å²) in [5.41, 5.74) is 3.08. The van der Waals surface area contributed by atoms with Crippen molar-refractivity contribution in [1.29, 1.82) is 0 Å². The predicted molar refractivity (Wildman–Crippen MR) is 170 cm³/mol. The first-order chi connectivity index (χ1) is 20.4. The van der Waals surface area contributed by atoms with Crippen molar-refractivity contribution in [3.63, 3.8) is 0 Å². The summed E-state index contributed by atoms with van der Waals surface area (Å²) in [5, 5.41) is 11.6. The summed E-state index contributed by atoms with van der Waals surface area (Å²) in [5.74, 6) is 0.547. The number of carbonyl (C=O) groups excluding carboxylic acids is 1. The maximum absolute atomic E-state index is 13.8. The molecule has 0 atom stereocenters. The van der Waals surface area contributed by atoms with E-state index in [1.165, 1.54) is 6.08 Å². The minimum atomic E-state index is -4.16. The average Bonchev–Trinajstić information content (AvgIpc) is 3.44. The molecule has 0 amide bonds. The van der Waals surface area contributed by atoms with Gasteiger partial charge in [0, 0.05) is 44.2 Å². The fourth-order valence-corrected chi connectivity index (χ4v) is 6.36. The molecule has 0 aliphatic heterocycles. The molecule has 1 radical (unpaired) electrons. The van der Waals surface area contributed by atoms with Crippen molar-refractivity contribution < 1.29 is 43.2 Å². The van der Waals surface area contributed by atoms with E-state index in [9.17, 15) is 23.1 Å². The number of carbonyl (C=O) groups is 1. The van der Waals surface area contributed by atoms with Crippen LogP contribution in [-0.2, 0) is 31.3 Å². The first kappa shape index (κ1) is 37.7. The number of hydrogen-bond acceptors (Lipinski definition) is 3. The van der Waals surface area contributed by atoms with Crippen LogP contribution in [0.1, 0.15) is 95.8 Å². The molecule has 3 aromatic rings. The van der Waals surface area contributed by atoms with E-state index in [0.29, 0.717) is 12.8 Å². The molecule has 1 N–H and O–H groups in total. The molecule has 243 valence electrons. The maximum Gasteiger partial charge on any atom is 0.394 e. The minimum absolute atomic E-state index is 0. The van der Waals surface area contributed by atoms with Gasteiger partial charge in [0.2, 0.25) is 0 Å². The summed E-state index contributed by atoms with van der Waals surface area (Å²) >= 11 is 0. The minimum Gasteiger partial charge on any atom is -0.512 e. The molecule has 0 bridgehead atoms. The quantitative estimate of drug-likeness (QED) is 0.127. The summed E-state index contributed by atoms with van der Waals surface area (Å²) in [4.78, 5) is 16.2. The summed E-state index contributed by atoms with van der Waals surface area (Å²) in [6, 6.07) is 15.0. The van der Waals surface area contributed by atoms with Gasteiger partial charge in [-0.1, -0.05) is 72.6 Å². The Morgan fingerprint density at radius 2 is 1.59 bits per heavy atom. The van der Waals surface area contributed by atoms with E-state index in [1.54, 1.807) is 6.20 Å². The summed E-state index contributed by atoms with van der Waals surface area (Å²) < 4.78 is 41.3. The molecule has 3 nitrogen and oxygen atoms in total. The second-order valence-corrected chi connectivity index (χ2v) is 12.1. The van der Waals surface area contributed by atoms with Crippen LogP contribution in [-0.4, -0.2) is 22.1 Å². The Balaban J connectivity index is 0.000000363. The molecule has 1 aromatic heterocycles. The van der Waals surface area contributed by atoms with Crippen LogP contribution in [0.3, 0.4) is 0 Å². The number of ketones is 1. The van der Waals surface area contributed by atoms with E-state index in [0.717, 1.165) is 64.4 Å². The van der Waals surface area contributed by atoms with Crippen LogP contribution >= 0.6 is 0 Å². The van der Waals surface area contributed by atoms with Crippen molar-refractivity contribution in [3.8, 4) is 11.3 Å². The molecule has 7 heteroatoms. The van der Waals surface area contributed by atoms with Gasteiger partial charge < -0.3 is 10.1 Å². The largest absolute Gasteiger partial charge is 0.512 e. The van der Waals surface area contributed by atoms with Gasteiger partial charge in [-0.15, -0.1) is 34.9 Å². The van der Waals surface area contributed by atoms with Gasteiger partial charge in [-0.25, -0.2) is 0 Å². The summed E-state index contributed by atoms with van der Waals surface area (Å²) in [7, 11) is 0. The topological polar surface area (TPSA) is 50.2 Å². The average molecular weight is 787 g/mol. The third-order valence-corrected chi connectivity index (χ3v) is 9.02. The number of halogens is 3. The van der Waals surface area contributed by atoms with Crippen LogP contribution in [0.2, 0.25) is 0 Å².